The third kappa shape index (κ3) is 4.65. The second-order valence-electron chi connectivity index (χ2n) is 9.79. The van der Waals surface area contributed by atoms with Crippen LogP contribution in [0.2, 0.25) is 0 Å². The Labute approximate surface area is 213 Å². The molecule has 6 rings (SSSR count). The topological polar surface area (TPSA) is 92.3 Å². The molecular formula is C26H29FN6O2S. The molecule has 2 aliphatic heterocycles. The van der Waals surface area contributed by atoms with Crippen molar-refractivity contribution in [3.8, 4) is 5.88 Å². The van der Waals surface area contributed by atoms with E-state index in [2.05, 4.69) is 30.5 Å². The molecule has 8 nitrogen and oxygen atoms in total. The van der Waals surface area contributed by atoms with Crippen molar-refractivity contribution in [1.82, 2.24) is 25.2 Å². The first-order valence-corrected chi connectivity index (χ1v) is 13.4. The van der Waals surface area contributed by atoms with E-state index in [0.717, 1.165) is 36.6 Å². The Kier molecular flexibility index (Phi) is 6.49. The van der Waals surface area contributed by atoms with E-state index in [1.807, 2.05) is 18.2 Å². The highest BCUT2D eigenvalue weighted by Gasteiger charge is 2.42. The van der Waals surface area contributed by atoms with Crippen LogP contribution in [0.25, 0.3) is 11.0 Å². The molecule has 3 aromatic rings. The molecule has 0 unspecified atom stereocenters. The molecule has 1 aliphatic carbocycles. The minimum Gasteiger partial charge on any atom is -0.481 e. The first-order chi connectivity index (χ1) is 17.6. The number of amides is 1. The van der Waals surface area contributed by atoms with Gasteiger partial charge in [-0.1, -0.05) is 0 Å². The van der Waals surface area contributed by atoms with Crippen molar-refractivity contribution in [3.05, 3.63) is 47.5 Å². The Hall–Kier alpha value is -2.82. The van der Waals surface area contributed by atoms with Crippen molar-refractivity contribution in [1.29, 1.82) is 0 Å². The number of carbonyl (C=O) groups excluding carboxylic acids is 1. The van der Waals surface area contributed by atoms with Crippen LogP contribution < -0.4 is 15.4 Å². The minimum absolute atomic E-state index is 0.00403. The SMILES string of the molecule is COc1ccc2ncc(F)c(CCN3C[C@@H]4CC[C@@H](NCc5ccc6c(n5)NC(=O)CS6)[C@@H]4C3)c2n1. The molecule has 1 amide bonds. The van der Waals surface area contributed by atoms with Crippen molar-refractivity contribution >= 4 is 34.5 Å². The maximum Gasteiger partial charge on any atom is 0.235 e. The predicted octanol–water partition coefficient (Wildman–Crippen LogP) is 3.26. The van der Waals surface area contributed by atoms with Crippen molar-refractivity contribution in [2.24, 2.45) is 11.8 Å². The van der Waals surface area contributed by atoms with Crippen LogP contribution in [0.4, 0.5) is 10.2 Å². The lowest BCUT2D eigenvalue weighted by Gasteiger charge is -2.22. The first kappa shape index (κ1) is 23.6. The fourth-order valence-corrected chi connectivity index (χ4v) is 6.59. The Morgan fingerprint density at radius 1 is 1.22 bits per heavy atom. The van der Waals surface area contributed by atoms with Gasteiger partial charge in [0.1, 0.15) is 11.6 Å². The van der Waals surface area contributed by atoms with E-state index >= 15 is 0 Å². The number of aromatic nitrogens is 3. The molecule has 1 saturated heterocycles. The van der Waals surface area contributed by atoms with Gasteiger partial charge >= 0.3 is 0 Å². The standard InChI is InChI=1S/C26H29FN6O2S/c1-35-24-7-5-21-25(32-24)17(19(27)11-29-21)8-9-33-12-15-2-4-20(18(15)13-33)28-10-16-3-6-22-26(30-16)31-23(34)14-36-22/h3,5-7,11,15,18,20,28H,2,4,8-10,12-14H2,1H3,(H,30,31,34)/t15-,18+,20+/m0/s1. The second kappa shape index (κ2) is 9.91. The van der Waals surface area contributed by atoms with Crippen molar-refractivity contribution in [2.45, 2.75) is 36.7 Å². The number of ether oxygens (including phenoxy) is 1. The molecule has 0 bridgehead atoms. The molecule has 0 aromatic carbocycles. The molecule has 5 heterocycles. The predicted molar refractivity (Wildman–Crippen MR) is 137 cm³/mol. The highest BCUT2D eigenvalue weighted by Crippen LogP contribution is 2.38. The molecule has 3 atom stereocenters. The average molecular weight is 509 g/mol. The number of fused-ring (bicyclic) bond motifs is 3. The van der Waals surface area contributed by atoms with Crippen molar-refractivity contribution < 1.29 is 13.9 Å². The molecule has 36 heavy (non-hydrogen) atoms. The van der Waals surface area contributed by atoms with Crippen LogP contribution in [0.1, 0.15) is 24.1 Å². The summed E-state index contributed by atoms with van der Waals surface area (Å²) in [5.74, 6) is 2.52. The number of nitrogens with one attached hydrogen (secondary N) is 2. The van der Waals surface area contributed by atoms with Gasteiger partial charge in [0.15, 0.2) is 0 Å². The summed E-state index contributed by atoms with van der Waals surface area (Å²) >= 11 is 1.53. The fraction of sp³-hybridized carbons (Fsp3) is 0.462. The second-order valence-corrected chi connectivity index (χ2v) is 10.8. The van der Waals surface area contributed by atoms with Crippen molar-refractivity contribution in [2.75, 3.05) is 37.8 Å². The molecule has 2 fully saturated rings. The van der Waals surface area contributed by atoms with Crippen LogP contribution >= 0.6 is 11.8 Å². The number of hydrogen-bond acceptors (Lipinski definition) is 8. The average Bonchev–Trinajstić information content (AvgIpc) is 3.47. The van der Waals surface area contributed by atoms with Gasteiger partial charge in [0.25, 0.3) is 0 Å². The number of likely N-dealkylation sites (tertiary alicyclic amines) is 1. The van der Waals surface area contributed by atoms with E-state index in [0.29, 0.717) is 64.9 Å². The zero-order valence-electron chi connectivity index (χ0n) is 20.2. The Morgan fingerprint density at radius 2 is 2.14 bits per heavy atom. The number of methoxy groups -OCH3 is 1. The number of carbonyl (C=O) groups is 1. The third-order valence-corrected chi connectivity index (χ3v) is 8.68. The van der Waals surface area contributed by atoms with Gasteiger partial charge < -0.3 is 20.3 Å². The number of thioether (sulfide) groups is 1. The smallest absolute Gasteiger partial charge is 0.235 e. The molecule has 3 aliphatic rings. The van der Waals surface area contributed by atoms with Crippen LogP contribution in [-0.4, -0.2) is 64.3 Å². The van der Waals surface area contributed by atoms with Crippen LogP contribution in [0.5, 0.6) is 5.88 Å². The zero-order chi connectivity index (χ0) is 24.6. The highest BCUT2D eigenvalue weighted by molar-refractivity contribution is 8.00. The van der Waals surface area contributed by atoms with Gasteiger partial charge in [-0.05, 0) is 49.3 Å². The third-order valence-electron chi connectivity index (χ3n) is 7.64. The van der Waals surface area contributed by atoms with Gasteiger partial charge in [0.05, 0.1) is 40.7 Å². The molecule has 188 valence electrons. The van der Waals surface area contributed by atoms with E-state index in [4.69, 9.17) is 4.74 Å². The summed E-state index contributed by atoms with van der Waals surface area (Å²) < 4.78 is 19.9. The highest BCUT2D eigenvalue weighted by atomic mass is 32.2. The number of nitrogens with zero attached hydrogens (tertiary/aromatic N) is 4. The zero-order valence-corrected chi connectivity index (χ0v) is 21.0. The number of pyridine rings is 3. The molecule has 10 heteroatoms. The maximum absolute atomic E-state index is 14.7. The van der Waals surface area contributed by atoms with Gasteiger partial charge in [-0.25, -0.2) is 14.4 Å². The van der Waals surface area contributed by atoms with Gasteiger partial charge in [0, 0.05) is 43.9 Å². The quantitative estimate of drug-likeness (QED) is 0.503. The Bertz CT molecular complexity index is 1310. The van der Waals surface area contributed by atoms with Crippen LogP contribution in [0.15, 0.2) is 35.4 Å². The lowest BCUT2D eigenvalue weighted by atomic mass is 9.98. The molecule has 0 spiro atoms. The summed E-state index contributed by atoms with van der Waals surface area (Å²) in [5, 5.41) is 6.60. The van der Waals surface area contributed by atoms with Gasteiger partial charge in [-0.3, -0.25) is 9.78 Å². The van der Waals surface area contributed by atoms with Gasteiger partial charge in [-0.15, -0.1) is 11.8 Å². The summed E-state index contributed by atoms with van der Waals surface area (Å²) in [6.07, 6.45) is 4.25. The Morgan fingerprint density at radius 3 is 3.03 bits per heavy atom. The first-order valence-electron chi connectivity index (χ1n) is 12.4. The molecule has 0 radical (unpaired) electrons. The lowest BCUT2D eigenvalue weighted by Crippen LogP contribution is -2.36. The number of anilines is 1. The molecule has 3 aromatic heterocycles. The van der Waals surface area contributed by atoms with E-state index in [-0.39, 0.29) is 11.7 Å². The monoisotopic (exact) mass is 508 g/mol. The lowest BCUT2D eigenvalue weighted by molar-refractivity contribution is -0.113. The maximum atomic E-state index is 14.7. The largest absolute Gasteiger partial charge is 0.481 e. The normalized spacial score (nSPS) is 23.5. The number of halogens is 1. The van der Waals surface area contributed by atoms with Crippen LogP contribution in [0.3, 0.4) is 0 Å². The minimum atomic E-state index is -0.311. The van der Waals surface area contributed by atoms with Crippen LogP contribution in [-0.2, 0) is 17.8 Å². The van der Waals surface area contributed by atoms with Crippen LogP contribution in [0, 0.1) is 17.7 Å². The Balaban J connectivity index is 1.07. The number of hydrogen-bond donors (Lipinski definition) is 2. The van der Waals surface area contributed by atoms with E-state index in [1.165, 1.54) is 24.4 Å². The summed E-state index contributed by atoms with van der Waals surface area (Å²) in [5.41, 5.74) is 2.82. The summed E-state index contributed by atoms with van der Waals surface area (Å²) in [4.78, 5) is 28.5. The summed E-state index contributed by atoms with van der Waals surface area (Å²) in [7, 11) is 1.56. The van der Waals surface area contributed by atoms with E-state index < -0.39 is 0 Å². The summed E-state index contributed by atoms with van der Waals surface area (Å²) in [6, 6.07) is 8.10. The molecular weight excluding hydrogens is 479 g/mol. The number of rotatable bonds is 7. The van der Waals surface area contributed by atoms with E-state index in [1.54, 1.807) is 13.2 Å². The van der Waals surface area contributed by atoms with Gasteiger partial charge in [0.2, 0.25) is 11.8 Å². The van der Waals surface area contributed by atoms with Gasteiger partial charge in [-0.2, -0.15) is 0 Å². The van der Waals surface area contributed by atoms with Crippen molar-refractivity contribution in [3.63, 3.8) is 0 Å². The van der Waals surface area contributed by atoms with E-state index in [9.17, 15) is 9.18 Å². The fourth-order valence-electron chi connectivity index (χ4n) is 5.83. The summed E-state index contributed by atoms with van der Waals surface area (Å²) in [6.45, 7) is 3.53. The molecule has 1 saturated carbocycles. The molecule has 2 N–H and O–H groups in total.